The van der Waals surface area contributed by atoms with E-state index in [0.29, 0.717) is 16.6 Å². The number of rotatable bonds is 4. The Kier molecular flexibility index (Phi) is 5.05. The van der Waals surface area contributed by atoms with Gasteiger partial charge in [-0.2, -0.15) is 0 Å². The fraction of sp³-hybridized carbons (Fsp3) is 0.700. The second-order valence-electron chi connectivity index (χ2n) is 3.71. The molecule has 0 saturated carbocycles. The molecular formula is C10H19ClN4O. The van der Waals surface area contributed by atoms with E-state index in [0.717, 1.165) is 19.4 Å². The van der Waals surface area contributed by atoms with Gasteiger partial charge in [-0.15, -0.1) is 0 Å². The predicted molar refractivity (Wildman–Crippen MR) is 66.0 cm³/mol. The minimum absolute atomic E-state index is 0.145. The van der Waals surface area contributed by atoms with Gasteiger partial charge in [0.1, 0.15) is 11.0 Å². The number of nitrogens with two attached hydrogens (primary N) is 1. The highest BCUT2D eigenvalue weighted by Gasteiger charge is 2.25. The molecule has 16 heavy (non-hydrogen) atoms. The van der Waals surface area contributed by atoms with Gasteiger partial charge in [-0.05, 0) is 6.42 Å². The molecule has 0 aromatic carbocycles. The fourth-order valence-corrected chi connectivity index (χ4v) is 1.70. The minimum Gasteiger partial charge on any atom is -0.391 e. The highest BCUT2D eigenvalue weighted by Crippen LogP contribution is 2.16. The van der Waals surface area contributed by atoms with E-state index in [1.54, 1.807) is 4.90 Å². The van der Waals surface area contributed by atoms with Crippen LogP contribution < -0.4 is 11.1 Å². The van der Waals surface area contributed by atoms with Gasteiger partial charge in [0.05, 0.1) is 12.2 Å². The van der Waals surface area contributed by atoms with Crippen molar-refractivity contribution in [3.05, 3.63) is 10.7 Å². The van der Waals surface area contributed by atoms with Crippen molar-refractivity contribution < 1.29 is 5.11 Å². The van der Waals surface area contributed by atoms with E-state index in [-0.39, 0.29) is 6.61 Å². The Hall–Kier alpha value is -0.780. The molecule has 0 radical (unpaired) electrons. The number of amidine groups is 1. The van der Waals surface area contributed by atoms with E-state index >= 15 is 0 Å². The number of unbranched alkanes of at least 4 members (excludes halogenated alkanes) is 1. The van der Waals surface area contributed by atoms with Gasteiger partial charge in [0.15, 0.2) is 6.29 Å². The van der Waals surface area contributed by atoms with Crippen molar-refractivity contribution in [1.29, 1.82) is 0 Å². The molecule has 92 valence electrons. The van der Waals surface area contributed by atoms with Crippen molar-refractivity contribution in [2.24, 2.45) is 10.7 Å². The summed E-state index contributed by atoms with van der Waals surface area (Å²) in [4.78, 5) is 6.20. The molecule has 1 aliphatic rings. The number of nitrogens with one attached hydrogen (secondary N) is 1. The lowest BCUT2D eigenvalue weighted by Gasteiger charge is -2.34. The van der Waals surface area contributed by atoms with Crippen LogP contribution >= 0.6 is 11.6 Å². The predicted octanol–water partition coefficient (Wildman–Crippen LogP) is 0.405. The number of aliphatic hydroxyl groups excluding tert-OH is 1. The van der Waals surface area contributed by atoms with Crippen LogP contribution in [0.15, 0.2) is 15.7 Å². The number of likely N-dealkylation sites (N-methyl/N-ethyl adjacent to an activating group) is 1. The number of aliphatic hydroxyl groups is 1. The second-order valence-corrected chi connectivity index (χ2v) is 4.09. The molecule has 0 fully saturated rings. The van der Waals surface area contributed by atoms with Gasteiger partial charge in [-0.1, -0.05) is 24.9 Å². The summed E-state index contributed by atoms with van der Waals surface area (Å²) < 4.78 is 0. The van der Waals surface area contributed by atoms with Crippen molar-refractivity contribution >= 4 is 17.4 Å². The molecule has 1 aliphatic heterocycles. The Bertz CT molecular complexity index is 303. The Balaban J connectivity index is 2.91. The molecule has 0 bridgehead atoms. The molecule has 0 aliphatic carbocycles. The summed E-state index contributed by atoms with van der Waals surface area (Å²) in [7, 11) is 1.82. The number of aliphatic imine (C=N–C) groups is 1. The summed E-state index contributed by atoms with van der Waals surface area (Å²) in [5, 5.41) is 12.5. The second kappa shape index (κ2) is 6.08. The number of hydrogen-bond acceptors (Lipinski definition) is 4. The first-order chi connectivity index (χ1) is 7.61. The molecule has 0 saturated heterocycles. The molecule has 0 aromatic rings. The van der Waals surface area contributed by atoms with Crippen LogP contribution in [-0.4, -0.2) is 42.3 Å². The van der Waals surface area contributed by atoms with E-state index in [9.17, 15) is 5.11 Å². The molecule has 4 N–H and O–H groups in total. The van der Waals surface area contributed by atoms with Crippen LogP contribution in [0, 0.1) is 0 Å². The van der Waals surface area contributed by atoms with Crippen molar-refractivity contribution in [2.75, 3.05) is 20.2 Å². The normalized spacial score (nSPS) is 23.9. The smallest absolute Gasteiger partial charge is 0.154 e. The average Bonchev–Trinajstić information content (AvgIpc) is 2.25. The molecule has 5 nitrogen and oxygen atoms in total. The van der Waals surface area contributed by atoms with Crippen molar-refractivity contribution in [2.45, 2.75) is 26.1 Å². The molecule has 1 atom stereocenters. The topological polar surface area (TPSA) is 73.9 Å². The third kappa shape index (κ3) is 2.87. The zero-order chi connectivity index (χ0) is 12.1. The molecule has 1 heterocycles. The Labute approximate surface area is 101 Å². The number of nitrogens with zero attached hydrogens (tertiary/aromatic N) is 2. The van der Waals surface area contributed by atoms with E-state index in [4.69, 9.17) is 17.3 Å². The molecule has 0 aromatic heterocycles. The fourth-order valence-electron chi connectivity index (χ4n) is 1.45. The summed E-state index contributed by atoms with van der Waals surface area (Å²) in [6, 6.07) is 0. The standard InChI is InChI=1S/C10H19ClN4O/c1-3-4-5-13-9-7(6-16)8(11)14-10(12)15(9)2/h10,14,16H,3-6,12H2,1-2H3. The van der Waals surface area contributed by atoms with Gasteiger partial charge >= 0.3 is 0 Å². The third-order valence-corrected chi connectivity index (χ3v) is 2.83. The lowest BCUT2D eigenvalue weighted by atomic mass is 10.2. The maximum absolute atomic E-state index is 9.26. The average molecular weight is 247 g/mol. The summed E-state index contributed by atoms with van der Waals surface area (Å²) in [5.41, 5.74) is 6.41. The van der Waals surface area contributed by atoms with E-state index in [2.05, 4.69) is 17.2 Å². The van der Waals surface area contributed by atoms with Gasteiger partial charge in [0.2, 0.25) is 0 Å². The highest BCUT2D eigenvalue weighted by atomic mass is 35.5. The molecule has 1 unspecified atom stereocenters. The van der Waals surface area contributed by atoms with E-state index in [1.165, 1.54) is 0 Å². The van der Waals surface area contributed by atoms with Crippen LogP contribution in [0.5, 0.6) is 0 Å². The first-order valence-corrected chi connectivity index (χ1v) is 5.78. The van der Waals surface area contributed by atoms with Gasteiger partial charge in [0, 0.05) is 13.6 Å². The van der Waals surface area contributed by atoms with Crippen LogP contribution in [0.3, 0.4) is 0 Å². The lowest BCUT2D eigenvalue weighted by Crippen LogP contribution is -2.56. The Morgan fingerprint density at radius 1 is 1.62 bits per heavy atom. The van der Waals surface area contributed by atoms with Gasteiger partial charge in [0.25, 0.3) is 0 Å². The van der Waals surface area contributed by atoms with E-state index < -0.39 is 6.29 Å². The minimum atomic E-state index is -0.400. The zero-order valence-electron chi connectivity index (χ0n) is 9.70. The van der Waals surface area contributed by atoms with Crippen LogP contribution in [0.1, 0.15) is 19.8 Å². The maximum atomic E-state index is 9.26. The molecule has 1 rings (SSSR count). The molecule has 6 heteroatoms. The summed E-state index contributed by atoms with van der Waals surface area (Å²) in [6.45, 7) is 2.68. The van der Waals surface area contributed by atoms with Crippen LogP contribution in [0.4, 0.5) is 0 Å². The van der Waals surface area contributed by atoms with Gasteiger partial charge in [-0.25, -0.2) is 0 Å². The first kappa shape index (κ1) is 13.3. The van der Waals surface area contributed by atoms with E-state index in [1.807, 2.05) is 7.05 Å². The van der Waals surface area contributed by atoms with Gasteiger partial charge in [-0.3, -0.25) is 10.7 Å². The van der Waals surface area contributed by atoms with Crippen molar-refractivity contribution in [3.8, 4) is 0 Å². The van der Waals surface area contributed by atoms with Crippen LogP contribution in [-0.2, 0) is 0 Å². The van der Waals surface area contributed by atoms with Crippen LogP contribution in [0.25, 0.3) is 0 Å². The third-order valence-electron chi connectivity index (χ3n) is 2.49. The Morgan fingerprint density at radius 2 is 2.31 bits per heavy atom. The first-order valence-electron chi connectivity index (χ1n) is 5.41. The monoisotopic (exact) mass is 246 g/mol. The number of halogens is 1. The molecule has 0 amide bonds. The summed E-state index contributed by atoms with van der Waals surface area (Å²) in [6.07, 6.45) is 1.69. The number of hydrogen-bond donors (Lipinski definition) is 3. The summed E-state index contributed by atoms with van der Waals surface area (Å²) in [5.74, 6) is 0.673. The van der Waals surface area contributed by atoms with Crippen molar-refractivity contribution in [3.63, 3.8) is 0 Å². The lowest BCUT2D eigenvalue weighted by molar-refractivity contribution is 0.299. The van der Waals surface area contributed by atoms with Gasteiger partial charge < -0.3 is 15.3 Å². The Morgan fingerprint density at radius 3 is 2.88 bits per heavy atom. The molecule has 0 spiro atoms. The highest BCUT2D eigenvalue weighted by molar-refractivity contribution is 6.32. The summed E-state index contributed by atoms with van der Waals surface area (Å²) >= 11 is 5.97. The quantitative estimate of drug-likeness (QED) is 0.496. The zero-order valence-corrected chi connectivity index (χ0v) is 10.5. The van der Waals surface area contributed by atoms with Crippen LogP contribution in [0.2, 0.25) is 0 Å². The molecular weight excluding hydrogens is 228 g/mol. The maximum Gasteiger partial charge on any atom is 0.154 e. The SMILES string of the molecule is CCCCN=C1C(CO)=C(Cl)NC(N)N1C. The van der Waals surface area contributed by atoms with Crippen molar-refractivity contribution in [1.82, 2.24) is 10.2 Å². The largest absolute Gasteiger partial charge is 0.391 e.